The SMILES string of the molecule is CC.CC1(Oc2ccc3[nH]nc(C4=NCNC(C5CCN(CC6CCN(CC7CCN(c8ccc9c(c8)C(=O)N(C8CCC(=O)NC8=O)C9=O)CC7)CC6)CC5)=C4)c3c2)CC1.[HH].[HH]. The minimum absolute atomic E-state index is 0. The number of likely N-dealkylation sites (tertiary alicyclic amines) is 2. The first kappa shape index (κ1) is 41.3. The molecule has 7 aliphatic rings. The summed E-state index contributed by atoms with van der Waals surface area (Å²) in [6.45, 7) is 15.5. The Labute approximate surface area is 361 Å². The maximum Gasteiger partial charge on any atom is 0.262 e. The van der Waals surface area contributed by atoms with Gasteiger partial charge in [0.25, 0.3) is 11.8 Å². The Morgan fingerprint density at radius 2 is 1.48 bits per heavy atom. The Balaban J connectivity index is 0.00000147. The molecule has 6 aliphatic heterocycles. The second-order valence-corrected chi connectivity index (χ2v) is 18.2. The summed E-state index contributed by atoms with van der Waals surface area (Å²) in [5.41, 5.74) is 5.72. The Bertz CT molecular complexity index is 2230. The van der Waals surface area contributed by atoms with Gasteiger partial charge in [0.2, 0.25) is 11.8 Å². The molecule has 3 aromatic rings. The molecule has 1 aromatic heterocycles. The van der Waals surface area contributed by atoms with Gasteiger partial charge < -0.3 is 24.8 Å². The number of nitrogens with one attached hydrogen (secondary N) is 3. The normalized spacial score (nSPS) is 24.1. The van der Waals surface area contributed by atoms with Crippen molar-refractivity contribution in [2.75, 3.05) is 63.9 Å². The second kappa shape index (κ2) is 17.4. The molecule has 1 atom stereocenters. The molecule has 7 heterocycles. The Kier molecular flexibility index (Phi) is 11.7. The van der Waals surface area contributed by atoms with E-state index >= 15 is 0 Å². The van der Waals surface area contributed by atoms with Crippen molar-refractivity contribution in [1.29, 1.82) is 0 Å². The standard InChI is InChI=1S/C45H55N9O5.C2H6.2H2/c1-45(14-15-45)59-32-3-5-36-35(23-32)41(50-49-36)38-24-37(46-27-47-38)30-12-18-52(19-13-30)25-28-8-16-51(17-9-28)26-29-10-20-53(21-11-29)31-2-4-33-34(22-31)44(58)54(43(33)57)39-6-7-40(55)48-42(39)56;1-2;;/h2-5,22-24,28-30,39,46H,6-21,25-27H2,1H3,(H,49,50)(H,48,55,56);1-2H3;2*1H. The van der Waals surface area contributed by atoms with E-state index in [9.17, 15) is 19.2 Å². The van der Waals surface area contributed by atoms with Gasteiger partial charge in [0, 0.05) is 58.1 Å². The van der Waals surface area contributed by atoms with E-state index in [1.807, 2.05) is 32.0 Å². The summed E-state index contributed by atoms with van der Waals surface area (Å²) < 4.78 is 6.25. The predicted molar refractivity (Wildman–Crippen MR) is 239 cm³/mol. The number of piperidine rings is 4. The third-order valence-electron chi connectivity index (χ3n) is 14.1. The highest BCUT2D eigenvalue weighted by Crippen LogP contribution is 2.40. The van der Waals surface area contributed by atoms with E-state index in [0.717, 1.165) is 116 Å². The van der Waals surface area contributed by atoms with Gasteiger partial charge in [0.15, 0.2) is 0 Å². The number of ether oxygens (including phenoxy) is 1. The number of nitrogens with zero attached hydrogens (tertiary/aromatic N) is 6. The van der Waals surface area contributed by atoms with Gasteiger partial charge in [-0.15, -0.1) is 0 Å². The van der Waals surface area contributed by atoms with Gasteiger partial charge in [-0.25, -0.2) is 0 Å². The summed E-state index contributed by atoms with van der Waals surface area (Å²) in [4.78, 5) is 64.1. The van der Waals surface area contributed by atoms with E-state index in [0.29, 0.717) is 29.6 Å². The third kappa shape index (κ3) is 8.71. The van der Waals surface area contributed by atoms with Gasteiger partial charge in [0.05, 0.1) is 22.4 Å². The minimum Gasteiger partial charge on any atom is -0.488 e. The number of carbonyl (C=O) groups is 4. The van der Waals surface area contributed by atoms with Gasteiger partial charge >= 0.3 is 0 Å². The molecule has 4 amide bonds. The molecule has 328 valence electrons. The average molecular weight is 836 g/mol. The van der Waals surface area contributed by atoms with Crippen molar-refractivity contribution in [1.82, 2.24) is 35.5 Å². The topological polar surface area (TPSA) is 156 Å². The Morgan fingerprint density at radius 1 is 0.803 bits per heavy atom. The van der Waals surface area contributed by atoms with Crippen LogP contribution in [0.3, 0.4) is 0 Å². The van der Waals surface area contributed by atoms with Crippen LogP contribution >= 0.6 is 0 Å². The number of aliphatic imine (C=N–C) groups is 1. The van der Waals surface area contributed by atoms with Gasteiger partial charge in [-0.3, -0.25) is 39.5 Å². The van der Waals surface area contributed by atoms with Crippen LogP contribution in [0.4, 0.5) is 5.69 Å². The van der Waals surface area contributed by atoms with Crippen LogP contribution in [0.25, 0.3) is 10.9 Å². The molecule has 10 rings (SSSR count). The quantitative estimate of drug-likeness (QED) is 0.208. The third-order valence-corrected chi connectivity index (χ3v) is 14.1. The van der Waals surface area contributed by atoms with Crippen molar-refractivity contribution in [2.24, 2.45) is 22.7 Å². The molecule has 1 aliphatic carbocycles. The largest absolute Gasteiger partial charge is 0.488 e. The molecule has 3 N–H and O–H groups in total. The Hall–Kier alpha value is -5.08. The number of fused-ring (bicyclic) bond motifs is 2. The van der Waals surface area contributed by atoms with Crippen molar-refractivity contribution in [3.8, 4) is 5.75 Å². The smallest absolute Gasteiger partial charge is 0.262 e. The van der Waals surface area contributed by atoms with E-state index in [1.54, 1.807) is 6.07 Å². The zero-order valence-electron chi connectivity index (χ0n) is 36.0. The fraction of sp³-hybridized carbons (Fsp3) is 0.574. The number of imide groups is 2. The molecule has 1 saturated carbocycles. The molecular formula is C47H65N9O5. The van der Waals surface area contributed by atoms with Crippen molar-refractivity contribution in [2.45, 2.75) is 96.6 Å². The first-order valence-corrected chi connectivity index (χ1v) is 22.9. The van der Waals surface area contributed by atoms with Crippen molar-refractivity contribution < 1.29 is 26.8 Å². The summed E-state index contributed by atoms with van der Waals surface area (Å²) in [6.07, 6.45) is 11.7. The van der Waals surface area contributed by atoms with Crippen LogP contribution in [-0.4, -0.2) is 125 Å². The fourth-order valence-electron chi connectivity index (χ4n) is 10.2. The van der Waals surface area contributed by atoms with Gasteiger partial charge in [-0.05, 0) is 145 Å². The highest BCUT2D eigenvalue weighted by molar-refractivity contribution is 6.23. The predicted octanol–water partition coefficient (Wildman–Crippen LogP) is 5.99. The zero-order chi connectivity index (χ0) is 42.3. The lowest BCUT2D eigenvalue weighted by Crippen LogP contribution is -2.54. The van der Waals surface area contributed by atoms with Crippen LogP contribution in [0, 0.1) is 17.8 Å². The number of hydrogen-bond acceptors (Lipinski definition) is 11. The molecule has 4 saturated heterocycles. The molecular weight excluding hydrogens is 771 g/mol. The number of hydrogen-bond donors (Lipinski definition) is 3. The van der Waals surface area contributed by atoms with E-state index in [4.69, 9.17) is 9.73 Å². The maximum absolute atomic E-state index is 13.4. The number of amides is 4. The average Bonchev–Trinajstić information content (AvgIpc) is 3.77. The first-order valence-electron chi connectivity index (χ1n) is 22.9. The molecule has 0 bridgehead atoms. The lowest BCUT2D eigenvalue weighted by molar-refractivity contribution is -0.136. The molecule has 2 aromatic carbocycles. The van der Waals surface area contributed by atoms with Crippen LogP contribution in [0.1, 0.15) is 114 Å². The van der Waals surface area contributed by atoms with Crippen LogP contribution in [-0.2, 0) is 9.59 Å². The number of aromatic amines is 1. The van der Waals surface area contributed by atoms with Crippen LogP contribution in [0.15, 0.2) is 53.2 Å². The van der Waals surface area contributed by atoms with E-state index in [-0.39, 0.29) is 27.2 Å². The summed E-state index contributed by atoms with van der Waals surface area (Å²) in [7, 11) is 0. The first-order chi connectivity index (χ1) is 29.7. The number of rotatable bonds is 10. The number of H-pyrrole nitrogens is 1. The molecule has 1 unspecified atom stereocenters. The van der Waals surface area contributed by atoms with Crippen molar-refractivity contribution >= 4 is 45.9 Å². The number of benzene rings is 2. The van der Waals surface area contributed by atoms with E-state index in [2.05, 4.69) is 60.7 Å². The molecule has 0 radical (unpaired) electrons. The fourth-order valence-corrected chi connectivity index (χ4v) is 10.2. The van der Waals surface area contributed by atoms with Crippen LogP contribution in [0.2, 0.25) is 0 Å². The second-order valence-electron chi connectivity index (χ2n) is 18.2. The molecule has 14 nitrogen and oxygen atoms in total. The van der Waals surface area contributed by atoms with Gasteiger partial charge in [0.1, 0.15) is 29.8 Å². The summed E-state index contributed by atoms with van der Waals surface area (Å²) >= 11 is 0. The monoisotopic (exact) mass is 836 g/mol. The Morgan fingerprint density at radius 3 is 2.16 bits per heavy atom. The molecule has 14 heteroatoms. The van der Waals surface area contributed by atoms with E-state index < -0.39 is 23.8 Å². The van der Waals surface area contributed by atoms with Crippen molar-refractivity contribution in [3.05, 3.63) is 65.0 Å². The molecule has 61 heavy (non-hydrogen) atoms. The zero-order valence-corrected chi connectivity index (χ0v) is 36.0. The summed E-state index contributed by atoms with van der Waals surface area (Å²) in [5, 5.41) is 14.8. The number of anilines is 1. The van der Waals surface area contributed by atoms with Gasteiger partial charge in [-0.1, -0.05) is 13.8 Å². The number of aromatic nitrogens is 2. The van der Waals surface area contributed by atoms with E-state index in [1.165, 1.54) is 38.2 Å². The van der Waals surface area contributed by atoms with Crippen molar-refractivity contribution in [3.63, 3.8) is 0 Å². The van der Waals surface area contributed by atoms with Crippen LogP contribution in [0.5, 0.6) is 5.75 Å². The summed E-state index contributed by atoms with van der Waals surface area (Å²) in [6, 6.07) is 10.7. The lowest BCUT2D eigenvalue weighted by atomic mass is 9.89. The lowest BCUT2D eigenvalue weighted by Gasteiger charge is -2.40. The summed E-state index contributed by atoms with van der Waals surface area (Å²) in [5.74, 6) is 0.926. The molecule has 5 fully saturated rings. The minimum atomic E-state index is -0.948. The maximum atomic E-state index is 13.4. The highest BCUT2D eigenvalue weighted by Gasteiger charge is 2.45. The number of allylic oxidation sites excluding steroid dienone is 2. The highest BCUT2D eigenvalue weighted by atomic mass is 16.5. The number of carbonyl (C=O) groups excluding carboxylic acids is 4. The van der Waals surface area contributed by atoms with Crippen LogP contribution < -0.4 is 20.3 Å². The molecule has 0 spiro atoms. The van der Waals surface area contributed by atoms with Gasteiger partial charge in [-0.2, -0.15) is 5.10 Å².